The molecule has 1 heterocycles. The second-order valence-corrected chi connectivity index (χ2v) is 9.81. The number of sulfone groups is 1. The molecule has 12 heteroatoms. The highest BCUT2D eigenvalue weighted by atomic mass is 35.5. The van der Waals surface area contributed by atoms with Crippen LogP contribution in [0, 0.1) is 0 Å². The van der Waals surface area contributed by atoms with Crippen molar-refractivity contribution in [2.24, 2.45) is 0 Å². The molecule has 0 saturated carbocycles. The van der Waals surface area contributed by atoms with Gasteiger partial charge in [0.25, 0.3) is 5.56 Å². The highest BCUT2D eigenvalue weighted by Gasteiger charge is 2.35. The average Bonchev–Trinajstić information content (AvgIpc) is 2.70. The van der Waals surface area contributed by atoms with Gasteiger partial charge >= 0.3 is 11.9 Å². The van der Waals surface area contributed by atoms with Crippen LogP contribution < -0.4 is 11.2 Å². The lowest BCUT2D eigenvalue weighted by atomic mass is 10.0. The van der Waals surface area contributed by atoms with Crippen LogP contribution in [-0.2, 0) is 22.6 Å². The van der Waals surface area contributed by atoms with Gasteiger partial charge in [0, 0.05) is 10.6 Å². The number of hydrogen-bond acceptors (Lipinski definition) is 4. The molecular formula is C20H15Cl2F3N2O4S. The maximum Gasteiger partial charge on any atom is 0.417 e. The molecule has 0 unspecified atom stereocenters. The van der Waals surface area contributed by atoms with Crippen molar-refractivity contribution in [3.63, 3.8) is 0 Å². The molecule has 3 aromatic rings. The van der Waals surface area contributed by atoms with Crippen molar-refractivity contribution >= 4 is 50.0 Å². The Kier molecular flexibility index (Phi) is 6.34. The summed E-state index contributed by atoms with van der Waals surface area (Å²) in [6.07, 6.45) is -3.97. The van der Waals surface area contributed by atoms with E-state index < -0.39 is 55.3 Å². The van der Waals surface area contributed by atoms with Gasteiger partial charge in [0.05, 0.1) is 38.7 Å². The van der Waals surface area contributed by atoms with Crippen LogP contribution in [0.1, 0.15) is 23.6 Å². The number of fused-ring (bicyclic) bond motifs is 1. The normalized spacial score (nSPS) is 12.3. The largest absolute Gasteiger partial charge is 0.417 e. The Morgan fingerprint density at radius 2 is 1.84 bits per heavy atom. The molecular weight excluding hydrogens is 492 g/mol. The van der Waals surface area contributed by atoms with Gasteiger partial charge in [0.1, 0.15) is 0 Å². The molecule has 170 valence electrons. The van der Waals surface area contributed by atoms with E-state index in [1.165, 1.54) is 25.1 Å². The van der Waals surface area contributed by atoms with Crippen LogP contribution >= 0.6 is 23.2 Å². The van der Waals surface area contributed by atoms with Crippen LogP contribution in [-0.4, -0.2) is 23.7 Å². The number of aromatic amines is 1. The Morgan fingerprint density at radius 1 is 1.19 bits per heavy atom. The number of halogens is 5. The fourth-order valence-corrected chi connectivity index (χ4v) is 4.88. The molecule has 0 spiro atoms. The molecule has 6 nitrogen and oxygen atoms in total. The summed E-state index contributed by atoms with van der Waals surface area (Å²) in [5.74, 6) is -0.251. The van der Waals surface area contributed by atoms with Crippen molar-refractivity contribution in [3.8, 4) is 0 Å². The first kappa shape index (κ1) is 24.1. The number of H-pyrrole nitrogens is 1. The monoisotopic (exact) mass is 506 g/mol. The van der Waals surface area contributed by atoms with Gasteiger partial charge in [-0.2, -0.15) is 13.2 Å². The van der Waals surface area contributed by atoms with E-state index >= 15 is 0 Å². The third-order valence-corrected chi connectivity index (χ3v) is 7.29. The number of nitrogens with one attached hydrogen (secondary N) is 1. The van der Waals surface area contributed by atoms with Crippen LogP contribution in [0.4, 0.5) is 13.2 Å². The quantitative estimate of drug-likeness (QED) is 0.551. The number of aromatic nitrogens is 2. The Bertz CT molecular complexity index is 1480. The van der Waals surface area contributed by atoms with Crippen LogP contribution in [0.2, 0.25) is 10.0 Å². The Morgan fingerprint density at radius 3 is 2.41 bits per heavy atom. The topological polar surface area (TPSA) is 89.0 Å². The zero-order valence-corrected chi connectivity index (χ0v) is 18.7. The van der Waals surface area contributed by atoms with Crippen molar-refractivity contribution in [2.75, 3.05) is 5.75 Å². The SMILES string of the molecule is C=Cc1c(C(F)(F)F)cc2c(=O)n(Cc3cc(Cl)ccc3S(=O)(=O)CC)c(=O)[nH]c2c1Cl. The summed E-state index contributed by atoms with van der Waals surface area (Å²) in [6.45, 7) is 4.19. The van der Waals surface area contributed by atoms with Crippen LogP contribution in [0.25, 0.3) is 17.0 Å². The highest BCUT2D eigenvalue weighted by Crippen LogP contribution is 2.38. The standard InChI is InChI=1S/C20H15Cl2F3N2O4S/c1-3-12-14(20(23,24)25)8-13-17(16(12)22)26-19(29)27(18(13)28)9-10-7-11(21)5-6-15(10)32(30,31)4-2/h3,5-8H,1,4,9H2,2H3,(H,26,29). The minimum Gasteiger partial charge on any atom is -0.305 e. The van der Waals surface area contributed by atoms with Crippen molar-refractivity contribution in [1.82, 2.24) is 9.55 Å². The third-order valence-electron chi connectivity index (χ3n) is 4.83. The van der Waals surface area contributed by atoms with E-state index in [9.17, 15) is 31.2 Å². The molecule has 0 saturated heterocycles. The number of nitrogens with zero attached hydrogens (tertiary/aromatic N) is 1. The molecule has 0 radical (unpaired) electrons. The van der Waals surface area contributed by atoms with Gasteiger partial charge in [-0.3, -0.25) is 9.36 Å². The predicted octanol–water partition coefficient (Wildman–Crippen LogP) is 4.50. The fraction of sp³-hybridized carbons (Fsp3) is 0.200. The van der Waals surface area contributed by atoms with Crippen LogP contribution in [0.5, 0.6) is 0 Å². The van der Waals surface area contributed by atoms with Gasteiger partial charge in [0.15, 0.2) is 9.84 Å². The first-order valence-corrected chi connectivity index (χ1v) is 11.4. The molecule has 0 aliphatic carbocycles. The second kappa shape index (κ2) is 8.42. The summed E-state index contributed by atoms with van der Waals surface area (Å²) in [6, 6.07) is 4.43. The first-order chi connectivity index (χ1) is 14.8. The molecule has 3 rings (SSSR count). The molecule has 0 bridgehead atoms. The summed E-state index contributed by atoms with van der Waals surface area (Å²) >= 11 is 12.0. The van der Waals surface area contributed by atoms with E-state index in [0.29, 0.717) is 10.6 Å². The van der Waals surface area contributed by atoms with E-state index in [2.05, 4.69) is 11.6 Å². The van der Waals surface area contributed by atoms with E-state index in [1.807, 2.05) is 0 Å². The second-order valence-electron chi connectivity index (χ2n) is 6.75. The van der Waals surface area contributed by atoms with Gasteiger partial charge < -0.3 is 4.98 Å². The Labute approximate surface area is 189 Å². The van der Waals surface area contributed by atoms with E-state index in [4.69, 9.17) is 23.2 Å². The van der Waals surface area contributed by atoms with Crippen LogP contribution in [0.3, 0.4) is 0 Å². The van der Waals surface area contributed by atoms with Gasteiger partial charge in [-0.15, -0.1) is 0 Å². The Balaban J connectivity index is 2.34. The Hall–Kier alpha value is -2.56. The van der Waals surface area contributed by atoms with E-state index in [1.54, 1.807) is 0 Å². The lowest BCUT2D eigenvalue weighted by Crippen LogP contribution is -2.36. The van der Waals surface area contributed by atoms with Crippen molar-refractivity contribution < 1.29 is 21.6 Å². The third kappa shape index (κ3) is 4.22. The molecule has 1 N–H and O–H groups in total. The summed E-state index contributed by atoms with van der Waals surface area (Å²) in [4.78, 5) is 27.8. The minimum absolute atomic E-state index is 0.0381. The maximum absolute atomic E-state index is 13.5. The zero-order chi connectivity index (χ0) is 24.0. The number of hydrogen-bond donors (Lipinski definition) is 1. The van der Waals surface area contributed by atoms with Crippen molar-refractivity contribution in [3.05, 3.63) is 78.4 Å². The number of rotatable bonds is 5. The summed E-state index contributed by atoms with van der Waals surface area (Å²) in [5, 5.41) is -0.823. The maximum atomic E-state index is 13.5. The highest BCUT2D eigenvalue weighted by molar-refractivity contribution is 7.91. The molecule has 0 aliphatic heterocycles. The van der Waals surface area contributed by atoms with Gasteiger partial charge in [0.2, 0.25) is 0 Å². The molecule has 1 aromatic heterocycles. The molecule has 2 aromatic carbocycles. The van der Waals surface area contributed by atoms with Gasteiger partial charge in [-0.25, -0.2) is 13.2 Å². The first-order valence-electron chi connectivity index (χ1n) is 9.02. The smallest absolute Gasteiger partial charge is 0.305 e. The molecule has 0 fully saturated rings. The molecule has 0 atom stereocenters. The lowest BCUT2D eigenvalue weighted by Gasteiger charge is -2.15. The van der Waals surface area contributed by atoms with Gasteiger partial charge in [-0.1, -0.05) is 42.8 Å². The zero-order valence-electron chi connectivity index (χ0n) is 16.4. The molecule has 0 aliphatic rings. The summed E-state index contributed by atoms with van der Waals surface area (Å²) < 4.78 is 65.9. The summed E-state index contributed by atoms with van der Waals surface area (Å²) in [5.41, 5.74) is -3.99. The number of alkyl halides is 3. The van der Waals surface area contributed by atoms with E-state index in [-0.39, 0.29) is 26.8 Å². The molecule has 0 amide bonds. The van der Waals surface area contributed by atoms with Crippen LogP contribution in [0.15, 0.2) is 45.3 Å². The summed E-state index contributed by atoms with van der Waals surface area (Å²) in [7, 11) is -3.74. The predicted molar refractivity (Wildman–Crippen MR) is 117 cm³/mol. The fourth-order valence-electron chi connectivity index (χ4n) is 3.25. The van der Waals surface area contributed by atoms with Gasteiger partial charge in [-0.05, 0) is 29.8 Å². The van der Waals surface area contributed by atoms with Crippen molar-refractivity contribution in [1.29, 1.82) is 0 Å². The van der Waals surface area contributed by atoms with Crippen molar-refractivity contribution in [2.45, 2.75) is 24.5 Å². The average molecular weight is 507 g/mol. The lowest BCUT2D eigenvalue weighted by molar-refractivity contribution is -0.137. The minimum atomic E-state index is -4.84. The molecule has 32 heavy (non-hydrogen) atoms. The van der Waals surface area contributed by atoms with E-state index in [0.717, 1.165) is 6.08 Å². The number of benzene rings is 2.